The number of nitrogen functional groups attached to an aromatic ring is 1. The smallest absolute Gasteiger partial charge is 0.406 e. The maximum Gasteiger partial charge on any atom is 0.573 e. The fourth-order valence-corrected chi connectivity index (χ4v) is 9.19. The Morgan fingerprint density at radius 2 is 1.72 bits per heavy atom. The van der Waals surface area contributed by atoms with Crippen molar-refractivity contribution in [1.29, 1.82) is 0 Å². The average molecular weight is 951 g/mol. The highest BCUT2D eigenvalue weighted by atomic mass is 19.4. The molecule has 8 rings (SSSR count). The van der Waals surface area contributed by atoms with E-state index >= 15 is 0 Å². The van der Waals surface area contributed by atoms with Gasteiger partial charge in [0.25, 0.3) is 0 Å². The Balaban J connectivity index is 0.799. The first-order valence-corrected chi connectivity index (χ1v) is 22.8. The second-order valence-corrected chi connectivity index (χ2v) is 18.2. The number of benzene rings is 3. The van der Waals surface area contributed by atoms with E-state index in [1.165, 1.54) is 33.7 Å². The van der Waals surface area contributed by atoms with Gasteiger partial charge in [-0.15, -0.1) is 13.2 Å². The molecule has 0 radical (unpaired) electrons. The van der Waals surface area contributed by atoms with Gasteiger partial charge in [-0.3, -0.25) is 38.4 Å². The van der Waals surface area contributed by atoms with Gasteiger partial charge in [0.2, 0.25) is 29.5 Å². The Labute approximate surface area is 394 Å². The summed E-state index contributed by atoms with van der Waals surface area (Å²) in [6, 6.07) is 15.8. The number of piperidine rings is 1. The van der Waals surface area contributed by atoms with Gasteiger partial charge in [-0.05, 0) is 97.2 Å². The van der Waals surface area contributed by atoms with Crippen molar-refractivity contribution in [1.82, 2.24) is 39.6 Å². The average Bonchev–Trinajstić information content (AvgIpc) is 3.97. The van der Waals surface area contributed by atoms with Crippen molar-refractivity contribution in [2.45, 2.75) is 90.6 Å². The molecule has 5 N–H and O–H groups in total. The molecule has 5 amide bonds. The molecule has 362 valence electrons. The number of imidazole rings is 1. The normalized spacial score (nSPS) is 15.1. The van der Waals surface area contributed by atoms with E-state index in [0.717, 1.165) is 27.9 Å². The van der Waals surface area contributed by atoms with Crippen molar-refractivity contribution >= 4 is 63.1 Å². The number of anilines is 2. The molecule has 0 saturated carbocycles. The second kappa shape index (κ2) is 19.6. The molecule has 0 spiro atoms. The lowest BCUT2D eigenvalue weighted by atomic mass is 9.86. The van der Waals surface area contributed by atoms with Crippen LogP contribution in [0.3, 0.4) is 0 Å². The number of rotatable bonds is 17. The largest absolute Gasteiger partial charge is 0.573 e. The van der Waals surface area contributed by atoms with E-state index in [0.29, 0.717) is 91.7 Å². The van der Waals surface area contributed by atoms with Crippen molar-refractivity contribution in [3.8, 4) is 16.9 Å². The van der Waals surface area contributed by atoms with Crippen molar-refractivity contribution in [2.75, 3.05) is 30.3 Å². The van der Waals surface area contributed by atoms with Crippen LogP contribution in [0.5, 0.6) is 5.75 Å². The lowest BCUT2D eigenvalue weighted by Crippen LogP contribution is -2.44. The van der Waals surface area contributed by atoms with Crippen LogP contribution in [-0.4, -0.2) is 79.2 Å². The number of imide groups is 1. The lowest BCUT2D eigenvalue weighted by molar-refractivity contribution is -0.274. The Morgan fingerprint density at radius 3 is 2.51 bits per heavy atom. The number of nitrogens with one attached hydrogen (secondary N) is 3. The first kappa shape index (κ1) is 48.0. The third kappa shape index (κ3) is 10.6. The molecule has 5 heterocycles. The summed E-state index contributed by atoms with van der Waals surface area (Å²) < 4.78 is 47.2. The van der Waals surface area contributed by atoms with Crippen molar-refractivity contribution in [3.05, 3.63) is 100 Å². The number of nitrogens with two attached hydrogens (primary N) is 1. The first-order valence-electron chi connectivity index (χ1n) is 22.8. The van der Waals surface area contributed by atoms with E-state index in [1.54, 1.807) is 24.1 Å². The molecule has 20 heteroatoms. The first-order chi connectivity index (χ1) is 32.9. The number of alkyl halides is 3. The highest BCUT2D eigenvalue weighted by molar-refractivity contribution is 6.02. The summed E-state index contributed by atoms with van der Waals surface area (Å²) in [6.07, 6.45) is 1.77. The zero-order valence-corrected chi connectivity index (χ0v) is 38.5. The number of carbonyl (C=O) groups is 5. The van der Waals surface area contributed by atoms with Crippen LogP contribution >= 0.6 is 0 Å². The number of nitrogens with zero attached hydrogens (tertiary/aromatic N) is 6. The molecule has 3 aromatic heterocycles. The van der Waals surface area contributed by atoms with Gasteiger partial charge >= 0.3 is 12.1 Å². The molecule has 1 atom stereocenters. The molecule has 3 aromatic carbocycles. The Morgan fingerprint density at radius 1 is 0.928 bits per heavy atom. The fraction of sp³-hybridized carbons (Fsp3) is 0.388. The maximum absolute atomic E-state index is 13.4. The predicted octanol–water partition coefficient (Wildman–Crippen LogP) is 5.40. The van der Waals surface area contributed by atoms with Crippen LogP contribution in [-0.2, 0) is 56.8 Å². The highest BCUT2D eigenvalue weighted by Gasteiger charge is 2.33. The summed E-state index contributed by atoms with van der Waals surface area (Å²) in [7, 11) is 1.63. The molecule has 1 saturated heterocycles. The summed E-state index contributed by atoms with van der Waals surface area (Å²) in [5, 5.41) is 8.98. The minimum Gasteiger partial charge on any atom is -0.406 e. The fourth-order valence-electron chi connectivity index (χ4n) is 9.19. The molecule has 0 aliphatic carbocycles. The van der Waals surface area contributed by atoms with Crippen molar-refractivity contribution in [3.63, 3.8) is 0 Å². The molecule has 0 bridgehead atoms. The topological polar surface area (TPSA) is 218 Å². The minimum atomic E-state index is -4.84. The molecule has 2 aliphatic heterocycles. The third-order valence-electron chi connectivity index (χ3n) is 12.9. The number of hydrogen-bond acceptors (Lipinski definition) is 10. The Bertz CT molecular complexity index is 3050. The van der Waals surface area contributed by atoms with Crippen LogP contribution in [0, 0.1) is 5.41 Å². The van der Waals surface area contributed by atoms with Gasteiger partial charge in [-0.1, -0.05) is 38.1 Å². The summed E-state index contributed by atoms with van der Waals surface area (Å²) in [6.45, 7) is 5.47. The van der Waals surface area contributed by atoms with Crippen LogP contribution in [0.1, 0.15) is 75.1 Å². The monoisotopic (exact) mass is 950 g/mol. The quantitative estimate of drug-likeness (QED) is 0.0674. The highest BCUT2D eigenvalue weighted by Crippen LogP contribution is 2.38. The van der Waals surface area contributed by atoms with E-state index in [1.807, 2.05) is 54.9 Å². The van der Waals surface area contributed by atoms with Gasteiger partial charge in [0.05, 0.1) is 22.8 Å². The van der Waals surface area contributed by atoms with Gasteiger partial charge in [-0.25, -0.2) is 14.8 Å². The summed E-state index contributed by atoms with van der Waals surface area (Å²) in [5.41, 5.74) is 11.8. The third-order valence-corrected chi connectivity index (χ3v) is 12.9. The zero-order valence-electron chi connectivity index (χ0n) is 38.5. The summed E-state index contributed by atoms with van der Waals surface area (Å²) in [5.74, 6) is -1.43. The molecule has 69 heavy (non-hydrogen) atoms. The predicted molar refractivity (Wildman–Crippen MR) is 251 cm³/mol. The van der Waals surface area contributed by atoms with E-state index < -0.39 is 23.7 Å². The molecule has 2 aliphatic rings. The molecule has 6 aromatic rings. The minimum absolute atomic E-state index is 0.0980. The van der Waals surface area contributed by atoms with Crippen LogP contribution in [0.2, 0.25) is 0 Å². The van der Waals surface area contributed by atoms with Crippen LogP contribution in [0.15, 0.2) is 78.0 Å². The summed E-state index contributed by atoms with van der Waals surface area (Å²) >= 11 is 0. The molecular formula is C49H53F3N10O7. The molecule has 1 unspecified atom stereocenters. The van der Waals surface area contributed by atoms with Crippen molar-refractivity contribution in [2.24, 2.45) is 12.5 Å². The van der Waals surface area contributed by atoms with Gasteiger partial charge in [0.15, 0.2) is 0 Å². The molecule has 17 nitrogen and oxygen atoms in total. The number of aryl methyl sites for hydroxylation is 3. The number of halogens is 3. The number of hydrogen-bond donors (Lipinski definition) is 4. The number of aromatic nitrogens is 5. The SMILES string of the molecule is Cn1c(=O)n(C2CCC(=O)NC2=O)c2ccc(CCC(=O)NCCCC(C)(C)C(=O)NCCCn3cc(-c4ccc5c(c4)CCN5C(=O)Cc4cccc(OC(F)(F)F)c4)c4c(N)ncnc43)cc21. The van der Waals surface area contributed by atoms with Crippen LogP contribution in [0.25, 0.3) is 33.2 Å². The lowest BCUT2D eigenvalue weighted by Gasteiger charge is -2.23. The number of amides is 5. The standard InChI is InChI=1S/C49H53F3N10O7/c1-48(2,18-5-19-54-39(63)15-10-29-9-12-36-38(24-29)59(3)47(68)62(36)37-14-16-40(64)58-45(37)66)46(67)55-20-6-21-60-27-34(42-43(53)56-28-57-44(42)60)31-11-13-35-32(26-31)17-22-61(35)41(65)25-30-7-4-8-33(23-30)69-49(50,51)52/h4,7-9,11-13,23-24,26-28,37H,5-6,10,14-22,25H2,1-3H3,(H,54,63)(H,55,67)(H2,53,56,57)(H,58,64,66). The van der Waals surface area contributed by atoms with Crippen LogP contribution < -0.4 is 37.0 Å². The Kier molecular flexibility index (Phi) is 13.6. The summed E-state index contributed by atoms with van der Waals surface area (Å²) in [4.78, 5) is 87.2. The Hall–Kier alpha value is -7.51. The second-order valence-electron chi connectivity index (χ2n) is 18.2. The van der Waals surface area contributed by atoms with E-state index in [2.05, 4.69) is 30.7 Å². The number of ether oxygens (including phenoxy) is 1. The molecular weight excluding hydrogens is 898 g/mol. The molecule has 1 fully saturated rings. The van der Waals surface area contributed by atoms with Crippen molar-refractivity contribution < 1.29 is 41.9 Å². The van der Waals surface area contributed by atoms with Gasteiger partial charge in [0.1, 0.15) is 29.6 Å². The van der Waals surface area contributed by atoms with Crippen LogP contribution in [0.4, 0.5) is 24.7 Å². The number of fused-ring (bicyclic) bond motifs is 3. The van der Waals surface area contributed by atoms with E-state index in [4.69, 9.17) is 5.73 Å². The van der Waals surface area contributed by atoms with Gasteiger partial charge in [0, 0.05) is 68.9 Å². The van der Waals surface area contributed by atoms with E-state index in [-0.39, 0.29) is 60.8 Å². The zero-order chi connectivity index (χ0) is 49.2. The van der Waals surface area contributed by atoms with Gasteiger partial charge in [-0.2, -0.15) is 0 Å². The van der Waals surface area contributed by atoms with Gasteiger partial charge < -0.3 is 30.6 Å². The number of carbonyl (C=O) groups excluding carboxylic acids is 5. The van der Waals surface area contributed by atoms with E-state index in [9.17, 15) is 41.9 Å². The maximum atomic E-state index is 13.4.